The summed E-state index contributed by atoms with van der Waals surface area (Å²) in [6.07, 6.45) is 3.35. The van der Waals surface area contributed by atoms with Crippen molar-refractivity contribution in [3.8, 4) is 0 Å². The number of unbranched alkanes of at least 4 members (excludes halogenated alkanes) is 1. The Morgan fingerprint density at radius 1 is 1.05 bits per heavy atom. The second kappa shape index (κ2) is 13.4. The first kappa shape index (κ1) is 28.3. The van der Waals surface area contributed by atoms with Gasteiger partial charge in [0, 0.05) is 13.1 Å². The number of carbonyl (C=O) groups excluding carboxylic acids is 3. The molecule has 2 aromatic carbocycles. The molecule has 2 heterocycles. The molecule has 0 radical (unpaired) electrons. The zero-order valence-corrected chi connectivity index (χ0v) is 23.8. The van der Waals surface area contributed by atoms with E-state index in [2.05, 4.69) is 47.0 Å². The lowest BCUT2D eigenvalue weighted by Crippen LogP contribution is -2.76. The quantitative estimate of drug-likeness (QED) is 0.242. The number of amides is 4. The number of nitrogens with one attached hydrogen (secondary N) is 1. The van der Waals surface area contributed by atoms with E-state index in [1.807, 2.05) is 23.1 Å². The third kappa shape index (κ3) is 6.63. The van der Waals surface area contributed by atoms with Gasteiger partial charge >= 0.3 is 6.03 Å². The Balaban J connectivity index is 1.54. The number of carbonyl (C=O) groups is 3. The van der Waals surface area contributed by atoms with E-state index in [0.29, 0.717) is 17.5 Å². The lowest BCUT2D eigenvalue weighted by molar-refractivity contribution is -0.188. The van der Waals surface area contributed by atoms with Crippen LogP contribution in [-0.4, -0.2) is 74.1 Å². The average molecular weight is 636 g/mol. The Bertz CT molecular complexity index is 1100. The predicted octanol–water partition coefficient (Wildman–Crippen LogP) is 4.15. The number of piperazine rings is 1. The number of hydrogen-bond donors (Lipinski definition) is 1. The number of benzene rings is 2. The summed E-state index contributed by atoms with van der Waals surface area (Å²) in [4.78, 5) is 43.9. The van der Waals surface area contributed by atoms with Crippen molar-refractivity contribution < 1.29 is 18.8 Å². The van der Waals surface area contributed by atoms with Crippen LogP contribution in [0.5, 0.6) is 0 Å². The number of aryl methyl sites for hydroxylation is 1. The lowest BCUT2D eigenvalue weighted by atomic mass is 10.0. The van der Waals surface area contributed by atoms with E-state index >= 15 is 0 Å². The van der Waals surface area contributed by atoms with E-state index in [1.165, 1.54) is 17.7 Å². The molecule has 0 aromatic heterocycles. The molecule has 4 rings (SSSR count). The summed E-state index contributed by atoms with van der Waals surface area (Å²) < 4.78 is 13.7. The summed E-state index contributed by atoms with van der Waals surface area (Å²) in [6.45, 7) is 3.15. The second-order valence-electron chi connectivity index (χ2n) is 9.73. The van der Waals surface area contributed by atoms with Gasteiger partial charge in [-0.2, -0.15) is 5.01 Å². The van der Waals surface area contributed by atoms with Crippen LogP contribution in [0, 0.1) is 5.82 Å². The van der Waals surface area contributed by atoms with Crippen molar-refractivity contribution >= 4 is 40.4 Å². The van der Waals surface area contributed by atoms with Crippen LogP contribution >= 0.6 is 22.6 Å². The lowest BCUT2D eigenvalue weighted by Gasteiger charge is -2.55. The zero-order valence-electron chi connectivity index (χ0n) is 21.7. The first-order valence-corrected chi connectivity index (χ1v) is 14.7. The fourth-order valence-corrected chi connectivity index (χ4v) is 5.72. The molecule has 2 aliphatic rings. The molecule has 8 nitrogen and oxygen atoms in total. The van der Waals surface area contributed by atoms with Crippen LogP contribution in [0.3, 0.4) is 0 Å². The molecule has 204 valence electrons. The van der Waals surface area contributed by atoms with Gasteiger partial charge in [0.1, 0.15) is 18.0 Å². The summed E-state index contributed by atoms with van der Waals surface area (Å²) in [5.41, 5.74) is 1.99. The summed E-state index contributed by atoms with van der Waals surface area (Å²) in [7, 11) is 0. The minimum absolute atomic E-state index is 0.0350. The third-order valence-corrected chi connectivity index (χ3v) is 7.89. The molecular weight excluding hydrogens is 600 g/mol. The molecule has 0 spiro atoms. The maximum Gasteiger partial charge on any atom is 0.334 e. The molecule has 38 heavy (non-hydrogen) atoms. The normalized spacial score (nSPS) is 20.0. The fourth-order valence-electron chi connectivity index (χ4n) is 5.15. The van der Waals surface area contributed by atoms with Crippen LogP contribution in [0.25, 0.3) is 0 Å². The first-order chi connectivity index (χ1) is 18.4. The number of hydrazine groups is 1. The highest BCUT2D eigenvalue weighted by molar-refractivity contribution is 14.1. The number of fused-ring (bicyclic) bond motifs is 1. The molecule has 0 saturated carbocycles. The number of rotatable bonds is 10. The largest absolute Gasteiger partial charge is 0.337 e. The van der Waals surface area contributed by atoms with Crippen molar-refractivity contribution in [1.29, 1.82) is 0 Å². The minimum atomic E-state index is -0.587. The SMILES string of the molecule is CCCC[C@H]1C(=O)N(CCCc2ccccc2)C[C@H]2N1C(=O)CN(CI)N2C(=O)NCc1ccc(F)cc1. The number of nitrogens with zero attached hydrogens (tertiary/aromatic N) is 4. The molecule has 0 bridgehead atoms. The molecule has 0 aliphatic carbocycles. The van der Waals surface area contributed by atoms with Gasteiger partial charge in [-0.05, 0) is 42.5 Å². The molecule has 2 saturated heterocycles. The predicted molar refractivity (Wildman–Crippen MR) is 151 cm³/mol. The van der Waals surface area contributed by atoms with E-state index in [4.69, 9.17) is 0 Å². The Morgan fingerprint density at radius 3 is 2.47 bits per heavy atom. The Kier molecular flexibility index (Phi) is 9.95. The summed E-state index contributed by atoms with van der Waals surface area (Å²) in [5.74, 6) is -0.503. The van der Waals surface area contributed by atoms with Crippen LogP contribution in [0.2, 0.25) is 0 Å². The fraction of sp³-hybridized carbons (Fsp3) is 0.464. The van der Waals surface area contributed by atoms with E-state index < -0.39 is 12.2 Å². The minimum Gasteiger partial charge on any atom is -0.337 e. The Morgan fingerprint density at radius 2 is 1.79 bits per heavy atom. The average Bonchev–Trinajstić information content (AvgIpc) is 2.93. The van der Waals surface area contributed by atoms with Crippen molar-refractivity contribution in [1.82, 2.24) is 25.1 Å². The van der Waals surface area contributed by atoms with Crippen LogP contribution in [0.1, 0.15) is 43.7 Å². The van der Waals surface area contributed by atoms with Gasteiger partial charge in [-0.25, -0.2) is 14.2 Å². The standard InChI is InChI=1S/C28H35FIN5O3/c1-2-3-11-24-27(37)32(16-7-10-21-8-5-4-6-9-21)18-25-34(24)26(36)19-33(20-30)35(25)28(38)31-17-22-12-14-23(29)15-13-22/h4-6,8-9,12-15,24-25H,2-3,7,10-11,16-20H2,1H3,(H,31,38)/t24-,25-/m0/s1. The van der Waals surface area contributed by atoms with Gasteiger partial charge in [-0.3, -0.25) is 9.59 Å². The van der Waals surface area contributed by atoms with Gasteiger partial charge in [0.15, 0.2) is 0 Å². The molecule has 10 heteroatoms. The van der Waals surface area contributed by atoms with E-state index in [-0.39, 0.29) is 43.3 Å². The van der Waals surface area contributed by atoms with Crippen molar-refractivity contribution in [2.75, 3.05) is 24.2 Å². The Labute approximate surface area is 237 Å². The smallest absolute Gasteiger partial charge is 0.334 e. The highest BCUT2D eigenvalue weighted by Gasteiger charge is 2.50. The summed E-state index contributed by atoms with van der Waals surface area (Å²) >= 11 is 2.15. The monoisotopic (exact) mass is 635 g/mol. The first-order valence-electron chi connectivity index (χ1n) is 13.2. The molecule has 1 N–H and O–H groups in total. The number of hydrogen-bond acceptors (Lipinski definition) is 4. The summed E-state index contributed by atoms with van der Waals surface area (Å²) in [6, 6.07) is 15.2. The maximum absolute atomic E-state index is 13.6. The molecule has 0 unspecified atom stereocenters. The molecule has 4 amide bonds. The highest BCUT2D eigenvalue weighted by atomic mass is 127. The number of alkyl halides is 1. The third-order valence-electron chi connectivity index (χ3n) is 7.10. The van der Waals surface area contributed by atoms with Crippen molar-refractivity contribution in [2.24, 2.45) is 0 Å². The number of urea groups is 1. The van der Waals surface area contributed by atoms with Crippen LogP contribution < -0.4 is 5.32 Å². The highest BCUT2D eigenvalue weighted by Crippen LogP contribution is 2.29. The van der Waals surface area contributed by atoms with Crippen LogP contribution in [0.15, 0.2) is 54.6 Å². The van der Waals surface area contributed by atoms with Crippen molar-refractivity contribution in [3.05, 3.63) is 71.5 Å². The van der Waals surface area contributed by atoms with E-state index in [9.17, 15) is 18.8 Å². The van der Waals surface area contributed by atoms with Crippen molar-refractivity contribution in [2.45, 2.75) is 57.8 Å². The van der Waals surface area contributed by atoms with E-state index in [0.717, 1.165) is 31.2 Å². The van der Waals surface area contributed by atoms with Gasteiger partial charge < -0.3 is 15.1 Å². The van der Waals surface area contributed by atoms with Crippen LogP contribution in [0.4, 0.5) is 9.18 Å². The van der Waals surface area contributed by atoms with E-state index in [1.54, 1.807) is 27.1 Å². The van der Waals surface area contributed by atoms with Gasteiger partial charge in [0.25, 0.3) is 0 Å². The number of halogens is 2. The summed E-state index contributed by atoms with van der Waals surface area (Å²) in [5, 5.41) is 6.27. The molecule has 2 aromatic rings. The van der Waals surface area contributed by atoms with Gasteiger partial charge in [0.2, 0.25) is 11.8 Å². The van der Waals surface area contributed by atoms with Gasteiger partial charge in [0.05, 0.1) is 17.6 Å². The second-order valence-corrected chi connectivity index (χ2v) is 10.4. The molecular formula is C28H35FIN5O3. The zero-order chi connectivity index (χ0) is 27.1. The Hall–Kier alpha value is -2.73. The topological polar surface area (TPSA) is 76.2 Å². The van der Waals surface area contributed by atoms with Gasteiger partial charge in [-0.1, -0.05) is 84.8 Å². The molecule has 2 atom stereocenters. The maximum atomic E-state index is 13.6. The van der Waals surface area contributed by atoms with Gasteiger partial charge in [-0.15, -0.1) is 0 Å². The molecule has 2 fully saturated rings. The molecule has 2 aliphatic heterocycles. The van der Waals surface area contributed by atoms with Crippen molar-refractivity contribution in [3.63, 3.8) is 0 Å². The van der Waals surface area contributed by atoms with Crippen LogP contribution in [-0.2, 0) is 22.6 Å².